The maximum Gasteiger partial charge on any atom is 0.355 e. The zero-order valence-electron chi connectivity index (χ0n) is 16.0. The van der Waals surface area contributed by atoms with Crippen LogP contribution >= 0.6 is 0 Å². The third kappa shape index (κ3) is 3.74. The molecule has 0 bridgehead atoms. The van der Waals surface area contributed by atoms with Crippen LogP contribution < -0.4 is 4.90 Å². The van der Waals surface area contributed by atoms with Crippen molar-refractivity contribution in [2.24, 2.45) is 0 Å². The van der Waals surface area contributed by atoms with Crippen molar-refractivity contribution in [3.63, 3.8) is 0 Å². The van der Waals surface area contributed by atoms with Crippen molar-refractivity contribution in [2.75, 3.05) is 19.1 Å². The summed E-state index contributed by atoms with van der Waals surface area (Å²) in [5.41, 5.74) is 4.19. The second kappa shape index (κ2) is 8.39. The van der Waals surface area contributed by atoms with E-state index in [1.807, 2.05) is 55.5 Å². The fourth-order valence-corrected chi connectivity index (χ4v) is 3.09. The van der Waals surface area contributed by atoms with E-state index < -0.39 is 11.9 Å². The number of rotatable bonds is 4. The fraction of sp³-hybridized carbons (Fsp3) is 0.130. The first-order chi connectivity index (χ1) is 13.6. The minimum atomic E-state index is -0.627. The molecular weight excluding hydrogens is 354 g/mol. The number of benzene rings is 2. The van der Waals surface area contributed by atoms with Crippen LogP contribution in [0.4, 0.5) is 5.69 Å². The Morgan fingerprint density at radius 2 is 1.64 bits per heavy atom. The van der Waals surface area contributed by atoms with Crippen LogP contribution in [0.1, 0.15) is 5.56 Å². The van der Waals surface area contributed by atoms with Gasteiger partial charge in [0.15, 0.2) is 0 Å². The molecule has 3 rings (SSSR count). The Labute approximate surface area is 164 Å². The van der Waals surface area contributed by atoms with Gasteiger partial charge in [-0.05, 0) is 47.9 Å². The largest absolute Gasteiger partial charge is 0.465 e. The van der Waals surface area contributed by atoms with E-state index >= 15 is 0 Å². The van der Waals surface area contributed by atoms with E-state index in [9.17, 15) is 9.59 Å². The third-order valence-corrected chi connectivity index (χ3v) is 4.47. The predicted molar refractivity (Wildman–Crippen MR) is 108 cm³/mol. The average Bonchev–Trinajstić information content (AvgIpc) is 2.96. The Hall–Kier alpha value is -3.60. The number of allylic oxidation sites excluding steroid dienone is 2. The lowest BCUT2D eigenvalue weighted by atomic mass is 10.00. The molecule has 1 aliphatic rings. The molecule has 142 valence electrons. The molecule has 5 nitrogen and oxygen atoms in total. The van der Waals surface area contributed by atoms with E-state index in [1.165, 1.54) is 14.2 Å². The lowest BCUT2D eigenvalue weighted by Crippen LogP contribution is -2.26. The molecule has 0 N–H and O–H groups in total. The Morgan fingerprint density at radius 3 is 2.36 bits per heavy atom. The maximum atomic E-state index is 12.5. The van der Waals surface area contributed by atoms with Gasteiger partial charge >= 0.3 is 11.9 Å². The molecule has 1 aliphatic heterocycles. The molecule has 2 aromatic rings. The summed E-state index contributed by atoms with van der Waals surface area (Å²) in [6.45, 7) is 2.05. The summed E-state index contributed by atoms with van der Waals surface area (Å²) in [5.74, 6) is -1.24. The Bertz CT molecular complexity index is 1000. The highest BCUT2D eigenvalue weighted by molar-refractivity contribution is 6.05. The van der Waals surface area contributed by atoms with Crippen molar-refractivity contribution in [1.82, 2.24) is 0 Å². The monoisotopic (exact) mass is 375 g/mol. The molecule has 0 amide bonds. The van der Waals surface area contributed by atoms with E-state index in [-0.39, 0.29) is 11.3 Å². The molecule has 5 heteroatoms. The van der Waals surface area contributed by atoms with Gasteiger partial charge in [-0.25, -0.2) is 9.59 Å². The van der Waals surface area contributed by atoms with E-state index in [2.05, 4.69) is 0 Å². The standard InChI is InChI=1S/C23H21NO4/c1-16-9-4-5-12-19(16)17-10-8-11-18(15-17)24-14-7-6-13-20(22(25)27-2)21(24)23(26)28-3/h4-15H,1-3H3. The predicted octanol–water partition coefficient (Wildman–Crippen LogP) is 4.15. The topological polar surface area (TPSA) is 55.8 Å². The van der Waals surface area contributed by atoms with Crippen molar-refractivity contribution >= 4 is 17.6 Å². The Kier molecular flexibility index (Phi) is 5.75. The number of carbonyl (C=O) groups excluding carboxylic acids is 2. The first-order valence-corrected chi connectivity index (χ1v) is 8.78. The van der Waals surface area contributed by atoms with Gasteiger partial charge in [-0.2, -0.15) is 0 Å². The Morgan fingerprint density at radius 1 is 0.893 bits per heavy atom. The van der Waals surface area contributed by atoms with Crippen molar-refractivity contribution in [2.45, 2.75) is 6.92 Å². The molecule has 0 atom stereocenters. The van der Waals surface area contributed by atoms with Crippen molar-refractivity contribution in [3.8, 4) is 11.1 Å². The highest BCUT2D eigenvalue weighted by Gasteiger charge is 2.27. The number of aryl methyl sites for hydroxylation is 1. The SMILES string of the molecule is COC(=O)C1=C(C(=O)OC)N(c2cccc(-c3ccccc3C)c2)C=CC=C1. The molecule has 0 spiro atoms. The van der Waals surface area contributed by atoms with E-state index in [0.717, 1.165) is 22.4 Å². The molecule has 28 heavy (non-hydrogen) atoms. The normalized spacial score (nSPS) is 13.3. The van der Waals surface area contributed by atoms with Crippen molar-refractivity contribution in [3.05, 3.63) is 89.8 Å². The Balaban J connectivity index is 2.16. The maximum absolute atomic E-state index is 12.5. The molecular formula is C23H21NO4. The van der Waals surface area contributed by atoms with Crippen LogP contribution in [0.5, 0.6) is 0 Å². The average molecular weight is 375 g/mol. The van der Waals surface area contributed by atoms with E-state index in [4.69, 9.17) is 9.47 Å². The third-order valence-electron chi connectivity index (χ3n) is 4.47. The van der Waals surface area contributed by atoms with Gasteiger partial charge in [0.2, 0.25) is 0 Å². The van der Waals surface area contributed by atoms with Crippen molar-refractivity contribution < 1.29 is 19.1 Å². The molecule has 2 aromatic carbocycles. The van der Waals surface area contributed by atoms with Gasteiger partial charge in [0.25, 0.3) is 0 Å². The minimum absolute atomic E-state index is 0.0984. The quantitative estimate of drug-likeness (QED) is 0.752. The molecule has 0 unspecified atom stereocenters. The van der Waals surface area contributed by atoms with Crippen LogP contribution in [-0.2, 0) is 19.1 Å². The zero-order valence-corrected chi connectivity index (χ0v) is 16.0. The second-order valence-electron chi connectivity index (χ2n) is 6.18. The number of methoxy groups -OCH3 is 2. The van der Waals surface area contributed by atoms with Crippen LogP contribution in [0, 0.1) is 6.92 Å². The lowest BCUT2D eigenvalue weighted by molar-refractivity contribution is -0.139. The number of anilines is 1. The summed E-state index contributed by atoms with van der Waals surface area (Å²) < 4.78 is 9.79. The van der Waals surface area contributed by atoms with Crippen LogP contribution in [0.2, 0.25) is 0 Å². The number of esters is 2. The zero-order chi connectivity index (χ0) is 20.1. The van der Waals surface area contributed by atoms with E-state index in [0.29, 0.717) is 0 Å². The lowest BCUT2D eigenvalue weighted by Gasteiger charge is -2.23. The van der Waals surface area contributed by atoms with Gasteiger partial charge < -0.3 is 14.4 Å². The number of hydrogen-bond donors (Lipinski definition) is 0. The summed E-state index contributed by atoms with van der Waals surface area (Å²) in [6, 6.07) is 15.8. The summed E-state index contributed by atoms with van der Waals surface area (Å²) in [6.07, 6.45) is 6.69. The van der Waals surface area contributed by atoms with Gasteiger partial charge in [-0.3, -0.25) is 0 Å². The summed E-state index contributed by atoms with van der Waals surface area (Å²) in [4.78, 5) is 26.5. The summed E-state index contributed by atoms with van der Waals surface area (Å²) >= 11 is 0. The van der Waals surface area contributed by atoms with Crippen molar-refractivity contribution in [1.29, 1.82) is 0 Å². The first kappa shape index (κ1) is 19.2. The fourth-order valence-electron chi connectivity index (χ4n) is 3.09. The molecule has 0 saturated carbocycles. The van der Waals surface area contributed by atoms with Gasteiger partial charge in [0.1, 0.15) is 5.70 Å². The van der Waals surface area contributed by atoms with Crippen LogP contribution in [0.3, 0.4) is 0 Å². The molecule has 0 saturated heterocycles. The summed E-state index contributed by atoms with van der Waals surface area (Å²) in [5, 5.41) is 0. The number of hydrogen-bond acceptors (Lipinski definition) is 5. The van der Waals surface area contributed by atoms with Gasteiger partial charge in [0, 0.05) is 11.9 Å². The first-order valence-electron chi connectivity index (χ1n) is 8.78. The van der Waals surface area contributed by atoms with Gasteiger partial charge in [-0.15, -0.1) is 0 Å². The van der Waals surface area contributed by atoms with Gasteiger partial charge in [0.05, 0.1) is 19.8 Å². The van der Waals surface area contributed by atoms with Gasteiger partial charge in [-0.1, -0.05) is 42.5 Å². The molecule has 0 aliphatic carbocycles. The summed E-state index contributed by atoms with van der Waals surface area (Å²) in [7, 11) is 2.56. The number of nitrogens with zero attached hydrogens (tertiary/aromatic N) is 1. The number of ether oxygens (including phenoxy) is 2. The number of carbonyl (C=O) groups is 2. The second-order valence-corrected chi connectivity index (χ2v) is 6.18. The minimum Gasteiger partial charge on any atom is -0.465 e. The molecule has 1 heterocycles. The van der Waals surface area contributed by atoms with E-state index in [1.54, 1.807) is 29.3 Å². The highest BCUT2D eigenvalue weighted by Crippen LogP contribution is 2.31. The highest BCUT2D eigenvalue weighted by atomic mass is 16.5. The van der Waals surface area contributed by atoms with Crippen LogP contribution in [0.15, 0.2) is 84.2 Å². The molecule has 0 aromatic heterocycles. The van der Waals surface area contributed by atoms with Crippen LogP contribution in [0.25, 0.3) is 11.1 Å². The smallest absolute Gasteiger partial charge is 0.355 e. The molecule has 0 fully saturated rings. The molecule has 0 radical (unpaired) electrons. The van der Waals surface area contributed by atoms with Crippen LogP contribution in [-0.4, -0.2) is 26.2 Å².